The first-order valence-electron chi connectivity index (χ1n) is 11.0. The summed E-state index contributed by atoms with van der Waals surface area (Å²) in [5.41, 5.74) is 7.18. The van der Waals surface area contributed by atoms with Crippen LogP contribution in [0.2, 0.25) is 5.02 Å². The number of hydrogen-bond donors (Lipinski definition) is 0. The molecule has 0 N–H and O–H groups in total. The molecule has 0 atom stereocenters. The molecule has 0 radical (unpaired) electrons. The molecule has 34 heavy (non-hydrogen) atoms. The fourth-order valence-corrected chi connectivity index (χ4v) is 4.97. The highest BCUT2D eigenvalue weighted by atomic mass is 35.5. The molecule has 174 valence electrons. The lowest BCUT2D eigenvalue weighted by molar-refractivity contribution is 0.102. The Hall–Kier alpha value is -3.09. The van der Waals surface area contributed by atoms with Gasteiger partial charge in [-0.05, 0) is 81.3 Å². The summed E-state index contributed by atoms with van der Waals surface area (Å²) in [7, 11) is 0. The molecule has 4 rings (SSSR count). The maximum absolute atomic E-state index is 13.2. The van der Waals surface area contributed by atoms with Gasteiger partial charge in [-0.2, -0.15) is 0 Å². The number of carbonyl (C=O) groups excluding carboxylic acids is 1. The fraction of sp³-hybridized carbons (Fsp3) is 0.222. The summed E-state index contributed by atoms with van der Waals surface area (Å²) >= 11 is 7.41. The Morgan fingerprint density at radius 3 is 2.44 bits per heavy atom. The van der Waals surface area contributed by atoms with Gasteiger partial charge in [0.2, 0.25) is 0 Å². The number of nitrogens with zero attached hydrogens (tertiary/aromatic N) is 4. The van der Waals surface area contributed by atoms with Crippen molar-refractivity contribution in [2.24, 2.45) is 0 Å². The largest absolute Gasteiger partial charge is 0.318 e. The van der Waals surface area contributed by atoms with Crippen LogP contribution < -0.4 is 0 Å². The van der Waals surface area contributed by atoms with Crippen molar-refractivity contribution in [3.63, 3.8) is 0 Å². The van der Waals surface area contributed by atoms with Gasteiger partial charge in [-0.15, -0.1) is 16.8 Å². The second-order valence-corrected chi connectivity index (χ2v) is 9.69. The van der Waals surface area contributed by atoms with Crippen LogP contribution in [0.5, 0.6) is 0 Å². The summed E-state index contributed by atoms with van der Waals surface area (Å²) in [4.78, 5) is 13.2. The van der Waals surface area contributed by atoms with E-state index in [1.807, 2.05) is 48.7 Å². The first-order valence-corrected chi connectivity index (χ1v) is 12.4. The van der Waals surface area contributed by atoms with Gasteiger partial charge < -0.3 is 4.57 Å². The van der Waals surface area contributed by atoms with Crippen molar-refractivity contribution in [3.05, 3.63) is 94.3 Å². The number of Topliss-reactive ketones (excluding diaryl/α,β-unsaturated/α-hetero) is 1. The van der Waals surface area contributed by atoms with Gasteiger partial charge in [0.15, 0.2) is 16.8 Å². The molecule has 0 aliphatic carbocycles. The van der Waals surface area contributed by atoms with Crippen LogP contribution in [0.1, 0.15) is 32.9 Å². The van der Waals surface area contributed by atoms with Crippen molar-refractivity contribution < 1.29 is 4.79 Å². The molecular formula is C27H27ClN4OS. The van der Waals surface area contributed by atoms with Crippen LogP contribution in [0.25, 0.3) is 17.1 Å². The van der Waals surface area contributed by atoms with Crippen LogP contribution >= 0.6 is 23.4 Å². The molecule has 0 spiro atoms. The van der Waals surface area contributed by atoms with E-state index in [1.54, 1.807) is 6.08 Å². The Morgan fingerprint density at radius 2 is 1.76 bits per heavy atom. The number of thioether (sulfide) groups is 1. The highest BCUT2D eigenvalue weighted by Gasteiger charge is 2.20. The summed E-state index contributed by atoms with van der Waals surface area (Å²) in [5, 5.41) is 10.1. The summed E-state index contributed by atoms with van der Waals surface area (Å²) in [6.45, 7) is 12.6. The molecule has 0 saturated carbocycles. The van der Waals surface area contributed by atoms with E-state index in [0.717, 1.165) is 34.0 Å². The van der Waals surface area contributed by atoms with E-state index in [-0.39, 0.29) is 11.5 Å². The molecule has 2 aromatic carbocycles. The molecular weight excluding hydrogens is 464 g/mol. The number of halogens is 1. The van der Waals surface area contributed by atoms with Crippen molar-refractivity contribution in [2.75, 3.05) is 5.75 Å². The van der Waals surface area contributed by atoms with E-state index >= 15 is 0 Å². The van der Waals surface area contributed by atoms with Crippen molar-refractivity contribution in [1.29, 1.82) is 0 Å². The third-order valence-corrected chi connectivity index (χ3v) is 7.16. The molecule has 0 saturated heterocycles. The lowest BCUT2D eigenvalue weighted by Crippen LogP contribution is -2.07. The summed E-state index contributed by atoms with van der Waals surface area (Å²) in [5.74, 6) is 1.06. The number of ketones is 1. The zero-order valence-corrected chi connectivity index (χ0v) is 21.4. The topological polar surface area (TPSA) is 52.7 Å². The van der Waals surface area contributed by atoms with Gasteiger partial charge in [-0.1, -0.05) is 35.5 Å². The third-order valence-electron chi connectivity index (χ3n) is 5.94. The first-order chi connectivity index (χ1) is 16.3. The number of aromatic nitrogens is 4. The van der Waals surface area contributed by atoms with Gasteiger partial charge in [-0.3, -0.25) is 9.36 Å². The monoisotopic (exact) mass is 490 g/mol. The van der Waals surface area contributed by atoms with Crippen LogP contribution in [-0.4, -0.2) is 30.9 Å². The zero-order valence-electron chi connectivity index (χ0n) is 19.8. The van der Waals surface area contributed by atoms with Crippen molar-refractivity contribution in [2.45, 2.75) is 39.4 Å². The smallest absolute Gasteiger partial charge is 0.192 e. The number of benzene rings is 2. The number of hydrogen-bond acceptors (Lipinski definition) is 4. The Balaban J connectivity index is 1.57. The van der Waals surface area contributed by atoms with Crippen LogP contribution in [0.4, 0.5) is 0 Å². The van der Waals surface area contributed by atoms with Gasteiger partial charge in [0, 0.05) is 39.8 Å². The molecule has 0 aliphatic heterocycles. The second kappa shape index (κ2) is 10.0. The van der Waals surface area contributed by atoms with Gasteiger partial charge >= 0.3 is 0 Å². The predicted molar refractivity (Wildman–Crippen MR) is 140 cm³/mol. The molecule has 7 heteroatoms. The molecule has 4 aromatic rings. The summed E-state index contributed by atoms with van der Waals surface area (Å²) in [6.07, 6.45) is 1.80. The van der Waals surface area contributed by atoms with Gasteiger partial charge in [0.1, 0.15) is 0 Å². The Bertz CT molecular complexity index is 1370. The summed E-state index contributed by atoms with van der Waals surface area (Å²) in [6, 6.07) is 15.8. The molecule has 0 unspecified atom stereocenters. The molecule has 2 heterocycles. The van der Waals surface area contributed by atoms with Gasteiger partial charge in [-0.25, -0.2) is 0 Å². The van der Waals surface area contributed by atoms with E-state index in [4.69, 9.17) is 11.6 Å². The normalized spacial score (nSPS) is 11.1. The average molecular weight is 491 g/mol. The third kappa shape index (κ3) is 4.74. The van der Waals surface area contributed by atoms with E-state index in [1.165, 1.54) is 22.9 Å². The quantitative estimate of drug-likeness (QED) is 0.155. The highest BCUT2D eigenvalue weighted by Crippen LogP contribution is 2.28. The van der Waals surface area contributed by atoms with Crippen molar-refractivity contribution >= 4 is 29.1 Å². The lowest BCUT2D eigenvalue weighted by atomic mass is 10.1. The van der Waals surface area contributed by atoms with Crippen LogP contribution in [-0.2, 0) is 6.54 Å². The Morgan fingerprint density at radius 1 is 1.03 bits per heavy atom. The SMILES string of the molecule is C=CCn1c(SCC(=O)c2cc(C)n(-c3ccc(C)c(C)c3)c2C)nnc1-c1ccc(Cl)cc1. The highest BCUT2D eigenvalue weighted by molar-refractivity contribution is 7.99. The number of aryl methyl sites for hydroxylation is 3. The van der Waals surface area contributed by atoms with E-state index in [2.05, 4.69) is 53.4 Å². The standard InChI is InChI=1S/C27H27ClN4OS/c1-6-13-31-26(21-8-10-22(28)11-9-21)29-30-27(31)34-16-25(33)24-15-19(4)32(20(24)5)23-12-7-17(2)18(3)14-23/h6-12,14-15H,1,13,16H2,2-5H3. The maximum Gasteiger partial charge on any atom is 0.192 e. The number of carbonyl (C=O) groups is 1. The fourth-order valence-electron chi connectivity index (χ4n) is 4.02. The van der Waals surface area contributed by atoms with Gasteiger partial charge in [0.05, 0.1) is 5.75 Å². The Kier molecular flexibility index (Phi) is 7.10. The zero-order chi connectivity index (χ0) is 24.4. The van der Waals surface area contributed by atoms with Crippen LogP contribution in [0.3, 0.4) is 0 Å². The molecule has 0 bridgehead atoms. The minimum Gasteiger partial charge on any atom is -0.318 e. The summed E-state index contributed by atoms with van der Waals surface area (Å²) < 4.78 is 4.11. The number of rotatable bonds is 8. The lowest BCUT2D eigenvalue weighted by Gasteiger charge is -2.12. The second-order valence-electron chi connectivity index (χ2n) is 8.31. The Labute approximate surface area is 209 Å². The van der Waals surface area contributed by atoms with Crippen molar-refractivity contribution in [3.8, 4) is 17.1 Å². The minimum absolute atomic E-state index is 0.0642. The molecule has 5 nitrogen and oxygen atoms in total. The minimum atomic E-state index is 0.0642. The average Bonchev–Trinajstić information content (AvgIpc) is 3.35. The molecule has 0 aliphatic rings. The van der Waals surface area contributed by atoms with Crippen LogP contribution in [0.15, 0.2) is 66.3 Å². The molecule has 2 aromatic heterocycles. The van der Waals surface area contributed by atoms with E-state index in [0.29, 0.717) is 16.7 Å². The van der Waals surface area contributed by atoms with E-state index < -0.39 is 0 Å². The van der Waals surface area contributed by atoms with E-state index in [9.17, 15) is 4.79 Å². The van der Waals surface area contributed by atoms with Gasteiger partial charge in [0.25, 0.3) is 0 Å². The number of allylic oxidation sites excluding steroid dienone is 1. The van der Waals surface area contributed by atoms with Crippen LogP contribution in [0, 0.1) is 27.7 Å². The molecule has 0 fully saturated rings. The predicted octanol–water partition coefficient (Wildman–Crippen LogP) is 6.78. The maximum atomic E-state index is 13.2. The van der Waals surface area contributed by atoms with Crippen molar-refractivity contribution in [1.82, 2.24) is 19.3 Å². The first kappa shape index (κ1) is 24.0. The molecule has 0 amide bonds.